The highest BCUT2D eigenvalue weighted by atomic mass is 19.4. The lowest BCUT2D eigenvalue weighted by atomic mass is 9.96. The lowest BCUT2D eigenvalue weighted by Gasteiger charge is -2.10. The van der Waals surface area contributed by atoms with Gasteiger partial charge in [0.05, 0.1) is 12.1 Å². The second kappa shape index (κ2) is 8.87. The summed E-state index contributed by atoms with van der Waals surface area (Å²) in [7, 11) is 3.49. The normalized spacial score (nSPS) is 15.6. The van der Waals surface area contributed by atoms with Gasteiger partial charge < -0.3 is 15.6 Å². The van der Waals surface area contributed by atoms with Crippen LogP contribution in [0.25, 0.3) is 32.8 Å². The van der Waals surface area contributed by atoms with Crippen LogP contribution in [-0.4, -0.2) is 41.4 Å². The second-order valence-corrected chi connectivity index (χ2v) is 9.13. The number of carbonyl (C=O) groups is 1. The van der Waals surface area contributed by atoms with Crippen LogP contribution in [0.4, 0.5) is 19.0 Å². The maximum Gasteiger partial charge on any atom is 0.391 e. The van der Waals surface area contributed by atoms with E-state index < -0.39 is 12.1 Å². The number of hydrogen-bond acceptors (Lipinski definition) is 4. The molecule has 3 N–H and O–H groups in total. The van der Waals surface area contributed by atoms with Gasteiger partial charge in [0.1, 0.15) is 5.69 Å². The van der Waals surface area contributed by atoms with Crippen LogP contribution in [0.3, 0.4) is 0 Å². The van der Waals surface area contributed by atoms with Gasteiger partial charge in [-0.05, 0) is 72.6 Å². The molecule has 1 amide bonds. The van der Waals surface area contributed by atoms with E-state index in [0.717, 1.165) is 38.6 Å². The largest absolute Gasteiger partial charge is 0.391 e. The van der Waals surface area contributed by atoms with E-state index in [2.05, 4.69) is 56.1 Å². The van der Waals surface area contributed by atoms with Crippen LogP contribution in [0, 0.1) is 5.92 Å². The Bertz CT molecular complexity index is 1400. The molecule has 0 aliphatic heterocycles. The van der Waals surface area contributed by atoms with Gasteiger partial charge in [0.15, 0.2) is 5.82 Å². The van der Waals surface area contributed by atoms with Crippen molar-refractivity contribution in [2.75, 3.05) is 19.4 Å². The molecule has 2 heterocycles. The van der Waals surface area contributed by atoms with Crippen molar-refractivity contribution in [2.45, 2.75) is 37.8 Å². The van der Waals surface area contributed by atoms with Gasteiger partial charge in [-0.3, -0.25) is 4.79 Å². The highest BCUT2D eigenvalue weighted by molar-refractivity contribution is 6.04. The average Bonchev–Trinajstić information content (AvgIpc) is 3.77. The van der Waals surface area contributed by atoms with Crippen molar-refractivity contribution in [3.05, 3.63) is 53.9 Å². The number of rotatable bonds is 4. The average molecular weight is 482 g/mol. The van der Waals surface area contributed by atoms with Crippen LogP contribution in [0.2, 0.25) is 0 Å². The number of hydrogen-bond donors (Lipinski definition) is 3. The Morgan fingerprint density at radius 3 is 2.40 bits per heavy atom. The van der Waals surface area contributed by atoms with Gasteiger partial charge in [-0.15, -0.1) is 5.10 Å². The quantitative estimate of drug-likeness (QED) is 0.333. The molecule has 2 aliphatic carbocycles. The number of anilines is 1. The van der Waals surface area contributed by atoms with Gasteiger partial charge in [0, 0.05) is 35.8 Å². The Labute approximate surface area is 200 Å². The molecule has 0 saturated heterocycles. The minimum absolute atomic E-state index is 0.109. The van der Waals surface area contributed by atoms with E-state index in [4.69, 9.17) is 0 Å². The fourth-order valence-corrected chi connectivity index (χ4v) is 4.26. The van der Waals surface area contributed by atoms with E-state index in [9.17, 15) is 18.0 Å². The summed E-state index contributed by atoms with van der Waals surface area (Å²) in [4.78, 5) is 15.4. The van der Waals surface area contributed by atoms with Crippen molar-refractivity contribution in [3.8, 4) is 11.1 Å². The van der Waals surface area contributed by atoms with Crippen molar-refractivity contribution in [1.82, 2.24) is 20.5 Å². The number of aromatic nitrogens is 3. The van der Waals surface area contributed by atoms with Crippen LogP contribution < -0.4 is 10.6 Å². The minimum Gasteiger partial charge on any atom is -0.371 e. The fourth-order valence-electron chi connectivity index (χ4n) is 4.26. The summed E-state index contributed by atoms with van der Waals surface area (Å²) in [6.45, 7) is 0. The van der Waals surface area contributed by atoms with Crippen molar-refractivity contribution >= 4 is 33.4 Å². The molecule has 2 aromatic heterocycles. The van der Waals surface area contributed by atoms with Gasteiger partial charge >= 0.3 is 6.18 Å². The molecular weight excluding hydrogens is 455 g/mol. The molecule has 182 valence electrons. The van der Waals surface area contributed by atoms with Crippen molar-refractivity contribution < 1.29 is 18.0 Å². The number of nitrogens with zero attached hydrogens (tertiary/aromatic N) is 2. The maximum absolute atomic E-state index is 12.1. The Morgan fingerprint density at radius 2 is 1.80 bits per heavy atom. The second-order valence-electron chi connectivity index (χ2n) is 9.13. The third kappa shape index (κ3) is 4.80. The minimum atomic E-state index is -3.89. The van der Waals surface area contributed by atoms with E-state index in [1.54, 1.807) is 13.2 Å². The highest BCUT2D eigenvalue weighted by Gasteiger charge is 2.46. The molecule has 0 bridgehead atoms. The molecular formula is C26H26F3N5O. The molecule has 6 nitrogen and oxygen atoms in total. The smallest absolute Gasteiger partial charge is 0.371 e. The summed E-state index contributed by atoms with van der Waals surface area (Å²) in [6, 6.07) is 12.7. The molecule has 2 aliphatic rings. The third-order valence-electron chi connectivity index (χ3n) is 6.53. The van der Waals surface area contributed by atoms with Crippen LogP contribution in [-0.2, 0) is 0 Å². The number of H-pyrrole nitrogens is 1. The molecule has 6 rings (SSSR count). The summed E-state index contributed by atoms with van der Waals surface area (Å²) in [5.41, 5.74) is 5.15. The zero-order chi connectivity index (χ0) is 24.7. The molecule has 2 fully saturated rings. The topological polar surface area (TPSA) is 82.7 Å². The van der Waals surface area contributed by atoms with Gasteiger partial charge in [-0.1, -0.05) is 12.1 Å². The lowest BCUT2D eigenvalue weighted by molar-refractivity contribution is -0.147. The SMILES string of the molecule is CNC(=O)c1cc2c(-c3ccc4c(NC)nncc4c3)cc(C3CC3)cc2[nH]1.FC(F)(F)C1CC1. The summed E-state index contributed by atoms with van der Waals surface area (Å²) in [6.07, 6.45) is 1.06. The van der Waals surface area contributed by atoms with Crippen LogP contribution >= 0.6 is 0 Å². The molecule has 0 unspecified atom stereocenters. The fraction of sp³-hybridized carbons (Fsp3) is 0.346. The standard InChI is InChI=1S/C22H21N5O.C4H5F3/c1-23-21-16-6-5-13(7-15(16)11-25-27-21)17-8-14(12-3-4-12)9-19-18(17)10-20(26-19)22(28)24-2;5-4(6,7)3-1-2-3/h5-12,26H,3-4H2,1-2H3,(H,23,27)(H,24,28);3H,1-2H2. The monoisotopic (exact) mass is 481 g/mol. The van der Waals surface area contributed by atoms with Gasteiger partial charge in [-0.2, -0.15) is 18.3 Å². The number of aromatic amines is 1. The van der Waals surface area contributed by atoms with Crippen LogP contribution in [0.5, 0.6) is 0 Å². The van der Waals surface area contributed by atoms with E-state index in [1.165, 1.54) is 18.4 Å². The third-order valence-corrected chi connectivity index (χ3v) is 6.53. The first-order chi connectivity index (χ1) is 16.8. The number of halogens is 3. The number of amides is 1. The summed E-state index contributed by atoms with van der Waals surface area (Å²) in [5.74, 6) is 0.330. The summed E-state index contributed by atoms with van der Waals surface area (Å²) >= 11 is 0. The molecule has 4 aromatic rings. The zero-order valence-electron chi connectivity index (χ0n) is 19.5. The summed E-state index contributed by atoms with van der Waals surface area (Å²) < 4.78 is 33.7. The molecule has 0 atom stereocenters. The number of alkyl halides is 3. The van der Waals surface area contributed by atoms with Gasteiger partial charge in [0.2, 0.25) is 0 Å². The molecule has 0 radical (unpaired) electrons. The molecule has 9 heteroatoms. The lowest BCUT2D eigenvalue weighted by Crippen LogP contribution is -2.17. The van der Waals surface area contributed by atoms with E-state index in [0.29, 0.717) is 24.5 Å². The van der Waals surface area contributed by atoms with Gasteiger partial charge in [0.25, 0.3) is 5.91 Å². The molecule has 35 heavy (non-hydrogen) atoms. The van der Waals surface area contributed by atoms with E-state index >= 15 is 0 Å². The maximum atomic E-state index is 12.1. The first kappa shape index (κ1) is 23.1. The highest BCUT2D eigenvalue weighted by Crippen LogP contribution is 2.44. The Morgan fingerprint density at radius 1 is 1.03 bits per heavy atom. The summed E-state index contributed by atoms with van der Waals surface area (Å²) in [5, 5.41) is 17.2. The predicted octanol–water partition coefficient (Wildman–Crippen LogP) is 6.02. The number of benzene rings is 2. The van der Waals surface area contributed by atoms with E-state index in [-0.39, 0.29) is 5.91 Å². The molecule has 0 spiro atoms. The Hall–Kier alpha value is -3.62. The first-order valence-electron chi connectivity index (χ1n) is 11.7. The molecule has 2 aromatic carbocycles. The van der Waals surface area contributed by atoms with Crippen LogP contribution in [0.15, 0.2) is 42.6 Å². The van der Waals surface area contributed by atoms with Crippen LogP contribution in [0.1, 0.15) is 47.7 Å². The number of carbonyl (C=O) groups excluding carboxylic acids is 1. The number of nitrogens with one attached hydrogen (secondary N) is 3. The van der Waals surface area contributed by atoms with Crippen molar-refractivity contribution in [3.63, 3.8) is 0 Å². The Kier molecular flexibility index (Phi) is 5.86. The number of fused-ring (bicyclic) bond motifs is 2. The molecule has 2 saturated carbocycles. The van der Waals surface area contributed by atoms with E-state index in [1.807, 2.05) is 13.1 Å². The van der Waals surface area contributed by atoms with Crippen molar-refractivity contribution in [2.24, 2.45) is 5.92 Å². The predicted molar refractivity (Wildman–Crippen MR) is 131 cm³/mol. The van der Waals surface area contributed by atoms with Crippen molar-refractivity contribution in [1.29, 1.82) is 0 Å². The zero-order valence-corrected chi connectivity index (χ0v) is 19.5. The van der Waals surface area contributed by atoms with Gasteiger partial charge in [-0.25, -0.2) is 0 Å². The first-order valence-corrected chi connectivity index (χ1v) is 11.7. The Balaban J connectivity index is 0.000000313.